The Hall–Kier alpha value is -2.28. The third-order valence-electron chi connectivity index (χ3n) is 8.30. The highest BCUT2D eigenvalue weighted by Crippen LogP contribution is 2.64. The van der Waals surface area contributed by atoms with E-state index in [1.807, 2.05) is 0 Å². The van der Waals surface area contributed by atoms with Crippen LogP contribution in [0.1, 0.15) is 34.5 Å². The second-order valence-corrected chi connectivity index (χ2v) is 9.80. The number of hydrogen-bond acceptors (Lipinski definition) is 10. The van der Waals surface area contributed by atoms with Crippen molar-refractivity contribution < 1.29 is 53.4 Å². The van der Waals surface area contributed by atoms with E-state index in [0.29, 0.717) is 11.1 Å². The number of carbonyl (C=O) groups is 2. The van der Waals surface area contributed by atoms with Crippen LogP contribution in [0.15, 0.2) is 12.1 Å². The number of likely N-dealkylation sites (tertiary alicyclic amines) is 1. The van der Waals surface area contributed by atoms with Crippen molar-refractivity contribution in [3.8, 4) is 11.5 Å². The fraction of sp³-hybridized carbons (Fsp3) is 0.652. The summed E-state index contributed by atoms with van der Waals surface area (Å²) in [5, 5.41) is 52.0. The van der Waals surface area contributed by atoms with Crippen molar-refractivity contribution in [2.45, 2.75) is 79.6 Å². The maximum atomic E-state index is 13.1. The van der Waals surface area contributed by atoms with Gasteiger partial charge in [-0.25, -0.2) is 4.79 Å². The first-order valence-corrected chi connectivity index (χ1v) is 11.3. The lowest BCUT2D eigenvalue weighted by Gasteiger charge is -2.62. The summed E-state index contributed by atoms with van der Waals surface area (Å²) in [6, 6.07) is 2.36. The van der Waals surface area contributed by atoms with E-state index in [2.05, 4.69) is 0 Å². The van der Waals surface area contributed by atoms with Gasteiger partial charge in [-0.3, -0.25) is 4.79 Å². The summed E-state index contributed by atoms with van der Waals surface area (Å²) in [7, 11) is 0. The Balaban J connectivity index is 1.44. The van der Waals surface area contributed by atoms with Crippen molar-refractivity contribution in [3.63, 3.8) is 0 Å². The van der Waals surface area contributed by atoms with Crippen molar-refractivity contribution in [1.82, 2.24) is 4.90 Å². The second kappa shape index (κ2) is 7.12. The number of aliphatic hydroxyl groups is 4. The summed E-state index contributed by atoms with van der Waals surface area (Å²) < 4.78 is 41.2. The molecular formula is C23H27NO10. The van der Waals surface area contributed by atoms with E-state index in [-0.39, 0.29) is 49.5 Å². The van der Waals surface area contributed by atoms with E-state index in [1.165, 1.54) is 11.0 Å². The number of carboxylic acids is 1. The van der Waals surface area contributed by atoms with Crippen molar-refractivity contribution >= 4 is 11.8 Å². The van der Waals surface area contributed by atoms with Crippen molar-refractivity contribution in [1.29, 1.82) is 0 Å². The van der Waals surface area contributed by atoms with Gasteiger partial charge in [-0.05, 0) is 44.4 Å². The molecule has 2 bridgehead atoms. The van der Waals surface area contributed by atoms with Gasteiger partial charge in [-0.2, -0.15) is 0 Å². The smallest absolute Gasteiger partial charge is 0.335 e. The number of aliphatic hydroxyl groups excluding tert-OH is 3. The molecule has 1 spiro atoms. The van der Waals surface area contributed by atoms with Crippen LogP contribution in [0.2, 0.25) is 0 Å². The molecule has 3 heterocycles. The van der Waals surface area contributed by atoms with Crippen LogP contribution in [0, 0.1) is 0 Å². The third-order valence-corrected chi connectivity index (χ3v) is 8.30. The summed E-state index contributed by atoms with van der Waals surface area (Å²) in [6.07, 6.45) is -9.80. The molecule has 3 fully saturated rings. The first-order valence-electron chi connectivity index (χ1n) is 12.8. The van der Waals surface area contributed by atoms with Gasteiger partial charge >= 0.3 is 5.97 Å². The van der Waals surface area contributed by atoms with Gasteiger partial charge in [0.05, 0.1) is 11.0 Å². The maximum absolute atomic E-state index is 13.1. The molecular weight excluding hydrogens is 450 g/mol. The normalized spacial score (nSPS) is 46.5. The zero-order valence-corrected chi connectivity index (χ0v) is 18.0. The molecule has 0 radical (unpaired) electrons. The molecule has 3 aliphatic heterocycles. The average molecular weight is 480 g/mol. The van der Waals surface area contributed by atoms with E-state index in [0.717, 1.165) is 0 Å². The van der Waals surface area contributed by atoms with Gasteiger partial charge in [-0.1, -0.05) is 6.07 Å². The van der Waals surface area contributed by atoms with Crippen molar-refractivity contribution in [3.05, 3.63) is 23.3 Å². The predicted molar refractivity (Wildman–Crippen MR) is 111 cm³/mol. The molecule has 6 rings (SSSR count). The Labute approximate surface area is 198 Å². The number of carboxylic acid groups (broad SMARTS) is 1. The van der Waals surface area contributed by atoms with E-state index < -0.39 is 66.8 Å². The molecule has 1 aromatic rings. The average Bonchev–Trinajstić information content (AvgIpc) is 3.17. The van der Waals surface area contributed by atoms with Gasteiger partial charge in [-0.15, -0.1) is 0 Å². The largest absolute Gasteiger partial charge is 0.479 e. The monoisotopic (exact) mass is 480 g/mol. The highest BCUT2D eigenvalue weighted by Gasteiger charge is 2.73. The second-order valence-electron chi connectivity index (χ2n) is 9.80. The first kappa shape index (κ1) is 19.0. The topological polar surface area (TPSA) is 166 Å². The van der Waals surface area contributed by atoms with Crippen LogP contribution in [0.3, 0.4) is 0 Å². The van der Waals surface area contributed by atoms with Gasteiger partial charge in [0.1, 0.15) is 18.3 Å². The standard InChI is InChI=1S/C23H27NO10/c1-24-7-6-22-13-9-2-3-11(32-21-16(28)14(26)15(27)18(34-21)20(29)30)17(13)33-19(22)10(25)4-5-23(22,31)12(24)8-9/h2-3,12,14-16,18-19,21,26-28,31H,4-8H2,1H3,(H,29,30)/t12-,14-,15-,16+,18-,19-,21+,22-,23+/m0/s1/i1D3. The zero-order chi connectivity index (χ0) is 26.7. The van der Waals surface area contributed by atoms with E-state index in [1.54, 1.807) is 6.07 Å². The minimum absolute atomic E-state index is 0.00257. The number of ketones is 1. The molecule has 1 aromatic carbocycles. The molecule has 0 unspecified atom stereocenters. The van der Waals surface area contributed by atoms with E-state index in [4.69, 9.17) is 18.3 Å². The van der Waals surface area contributed by atoms with Crippen LogP contribution in [0.4, 0.5) is 0 Å². The van der Waals surface area contributed by atoms with E-state index in [9.17, 15) is 35.1 Å². The number of benzene rings is 1. The highest BCUT2D eigenvalue weighted by atomic mass is 16.7. The van der Waals surface area contributed by atoms with Crippen LogP contribution < -0.4 is 9.47 Å². The molecule has 5 N–H and O–H groups in total. The quantitative estimate of drug-likeness (QED) is 0.335. The van der Waals surface area contributed by atoms with Crippen LogP contribution in [-0.4, -0.2) is 104 Å². The summed E-state index contributed by atoms with van der Waals surface area (Å²) >= 11 is 0. The Morgan fingerprint density at radius 3 is 2.76 bits per heavy atom. The molecule has 0 amide bonds. The molecule has 0 aromatic heterocycles. The summed E-state index contributed by atoms with van der Waals surface area (Å²) in [5.74, 6) is -1.68. The SMILES string of the molecule is [2H]C([2H])([2H])N1CC[C@]23c4c5ccc(O[C@@H]6O[C@H](C(=O)O)[C@@H](O)[C@H](O)[C@H]6O)c4O[C@H]2C(=O)CC[C@@]3(O)[C@@H]1C5. The fourth-order valence-electron chi connectivity index (χ4n) is 6.68. The lowest BCUT2D eigenvalue weighted by molar-refractivity contribution is -0.271. The lowest BCUT2D eigenvalue weighted by Crippen LogP contribution is -2.76. The highest BCUT2D eigenvalue weighted by molar-refractivity contribution is 5.90. The Morgan fingerprint density at radius 2 is 2.03 bits per heavy atom. The minimum Gasteiger partial charge on any atom is -0.479 e. The Bertz CT molecular complexity index is 1180. The Morgan fingerprint density at radius 1 is 1.24 bits per heavy atom. The number of rotatable bonds is 3. The fourth-order valence-corrected chi connectivity index (χ4v) is 6.68. The number of carbonyl (C=O) groups excluding carboxylic acids is 1. The molecule has 11 nitrogen and oxygen atoms in total. The molecule has 2 saturated heterocycles. The van der Waals surface area contributed by atoms with Crippen LogP contribution in [0.5, 0.6) is 11.5 Å². The third kappa shape index (κ3) is 2.57. The molecule has 11 heteroatoms. The van der Waals surface area contributed by atoms with E-state index >= 15 is 0 Å². The van der Waals surface area contributed by atoms with Crippen molar-refractivity contribution in [2.75, 3.05) is 13.5 Å². The van der Waals surface area contributed by atoms with Crippen molar-refractivity contribution in [2.24, 2.45) is 0 Å². The maximum Gasteiger partial charge on any atom is 0.335 e. The van der Waals surface area contributed by atoms with Crippen LogP contribution >= 0.6 is 0 Å². The first-order chi connectivity index (χ1) is 17.3. The Kier molecular flexibility index (Phi) is 3.98. The predicted octanol–water partition coefficient (Wildman–Crippen LogP) is -1.69. The number of nitrogens with zero attached hydrogens (tertiary/aromatic N) is 1. The summed E-state index contributed by atoms with van der Waals surface area (Å²) in [5.41, 5.74) is -1.55. The molecule has 1 saturated carbocycles. The number of hydrogen-bond donors (Lipinski definition) is 5. The molecule has 5 aliphatic rings. The van der Waals surface area contributed by atoms with Gasteiger partial charge in [0.2, 0.25) is 6.29 Å². The molecule has 2 aliphatic carbocycles. The van der Waals surface area contributed by atoms with Crippen LogP contribution in [0.25, 0.3) is 0 Å². The number of aliphatic carboxylic acids is 1. The number of likely N-dealkylation sites (N-methyl/N-ethyl adjacent to an activating group) is 1. The van der Waals surface area contributed by atoms with Gasteiger partial charge in [0.25, 0.3) is 0 Å². The van der Waals surface area contributed by atoms with Crippen LogP contribution in [-0.2, 0) is 26.2 Å². The zero-order valence-electron chi connectivity index (χ0n) is 21.0. The van der Waals surface area contributed by atoms with Gasteiger partial charge in [0.15, 0.2) is 29.5 Å². The molecule has 34 heavy (non-hydrogen) atoms. The summed E-state index contributed by atoms with van der Waals surface area (Å²) in [4.78, 5) is 25.9. The number of ether oxygens (including phenoxy) is 3. The lowest BCUT2D eigenvalue weighted by atomic mass is 9.49. The summed E-state index contributed by atoms with van der Waals surface area (Å²) in [6.45, 7) is -2.34. The number of Topliss-reactive ketones (excluding diaryl/α,β-unsaturated/α-hetero) is 1. The van der Waals surface area contributed by atoms with Gasteiger partial charge in [0, 0.05) is 22.1 Å². The number of piperidine rings is 1. The minimum atomic E-state index is -2.44. The molecule has 9 atom stereocenters. The molecule has 184 valence electrons. The van der Waals surface area contributed by atoms with Gasteiger partial charge < -0.3 is 44.6 Å².